The summed E-state index contributed by atoms with van der Waals surface area (Å²) in [4.78, 5) is 10.2. The molecule has 76 heavy (non-hydrogen) atoms. The number of hydrogen-bond donors (Lipinski definition) is 0. The Morgan fingerprint density at radius 3 is 1.17 bits per heavy atom. The minimum Gasteiger partial charge on any atom is -0.456 e. The number of nitrogens with zero attached hydrogens (tertiary/aromatic N) is 4. The Kier molecular flexibility index (Phi) is 8.70. The van der Waals surface area contributed by atoms with Gasteiger partial charge in [0.2, 0.25) is 0 Å². The normalized spacial score (nSPS) is 13.5. The molecule has 0 aliphatic carbocycles. The molecule has 17 rings (SSSR count). The Balaban J connectivity index is 0.853. The molecule has 0 radical (unpaired) electrons. The number of rotatable bonds is 6. The molecule has 0 atom stereocenters. The predicted octanol–water partition coefficient (Wildman–Crippen LogP) is 19.0. The zero-order valence-corrected chi connectivity index (χ0v) is 41.4. The quantitative estimate of drug-likeness (QED) is 0.165. The van der Waals surface area contributed by atoms with Gasteiger partial charge in [-0.2, -0.15) is 0 Å². The van der Waals surface area contributed by atoms with Gasteiger partial charge in [-0.1, -0.05) is 133 Å². The molecule has 358 valence electrons. The Hall–Kier alpha value is -9.78. The van der Waals surface area contributed by atoms with Crippen LogP contribution in [0.2, 0.25) is 0 Å². The van der Waals surface area contributed by atoms with Crippen LogP contribution in [-0.4, -0.2) is 0 Å². The van der Waals surface area contributed by atoms with Crippen molar-refractivity contribution in [1.82, 2.24) is 0 Å². The largest absolute Gasteiger partial charge is 0.456 e. The van der Waals surface area contributed by atoms with Crippen LogP contribution < -0.4 is 19.6 Å². The van der Waals surface area contributed by atoms with Crippen LogP contribution in [-0.2, 0) is 25.7 Å². The van der Waals surface area contributed by atoms with E-state index in [1.807, 2.05) is 0 Å². The van der Waals surface area contributed by atoms with E-state index >= 15 is 0 Å². The standard InChI is InChI=1S/C70H46N4O2/c1-3-19-49(20-4-1)71(59-27-15-31-65-67(59)51-23-9-13-29-63(51)75-65)57-35-33-45-37-47-42-62-48(41-61(47)73-55-25-11-7-17-43(55)39-53(57)69(45)73)38-46-34-36-58(54-40-44-18-8-12-26-56(44)74(62)70(46)54)72(50-21-5-2-6-22-50)60-28-16-32-66-68(60)52-24-10-14-30-64(52)76-66/h1-36,41-42H,37-40H2. The van der Waals surface area contributed by atoms with Gasteiger partial charge in [-0.05, 0) is 130 Å². The van der Waals surface area contributed by atoms with Crippen LogP contribution in [0.15, 0.2) is 239 Å². The molecule has 6 nitrogen and oxygen atoms in total. The lowest BCUT2D eigenvalue weighted by molar-refractivity contribution is 0.668. The van der Waals surface area contributed by atoms with Gasteiger partial charge in [0.15, 0.2) is 0 Å². The third kappa shape index (κ3) is 5.92. The highest BCUT2D eigenvalue weighted by Gasteiger charge is 2.39. The Labute approximate surface area is 439 Å². The van der Waals surface area contributed by atoms with Gasteiger partial charge in [-0.15, -0.1) is 0 Å². The number of fused-ring (bicyclic) bond motifs is 14. The summed E-state index contributed by atoms with van der Waals surface area (Å²) in [5.74, 6) is 0. The van der Waals surface area contributed by atoms with Crippen molar-refractivity contribution in [2.45, 2.75) is 25.7 Å². The van der Waals surface area contributed by atoms with Crippen molar-refractivity contribution < 1.29 is 8.83 Å². The van der Waals surface area contributed by atoms with Crippen molar-refractivity contribution in [1.29, 1.82) is 0 Å². The van der Waals surface area contributed by atoms with Crippen LogP contribution in [0.4, 0.5) is 68.2 Å². The summed E-state index contributed by atoms with van der Waals surface area (Å²) in [5, 5.41) is 4.45. The molecule has 0 amide bonds. The summed E-state index contributed by atoms with van der Waals surface area (Å²) in [6.45, 7) is 0. The molecule has 0 spiro atoms. The molecule has 11 aromatic carbocycles. The number of hydrogen-bond acceptors (Lipinski definition) is 6. The van der Waals surface area contributed by atoms with E-state index in [4.69, 9.17) is 8.83 Å². The lowest BCUT2D eigenvalue weighted by atomic mass is 9.81. The van der Waals surface area contributed by atoms with Gasteiger partial charge in [0.05, 0.1) is 56.3 Å². The number of para-hydroxylation sites is 6. The molecule has 4 aliphatic rings. The first-order valence-corrected chi connectivity index (χ1v) is 26.4. The molecule has 0 fully saturated rings. The van der Waals surface area contributed by atoms with E-state index in [1.54, 1.807) is 0 Å². The maximum Gasteiger partial charge on any atom is 0.137 e. The van der Waals surface area contributed by atoms with Gasteiger partial charge < -0.3 is 28.4 Å². The maximum atomic E-state index is 6.52. The summed E-state index contributed by atoms with van der Waals surface area (Å²) in [5.41, 5.74) is 28.5. The molecule has 0 saturated heterocycles. The molecular weight excluding hydrogens is 929 g/mol. The van der Waals surface area contributed by atoms with Crippen LogP contribution in [0.1, 0.15) is 44.5 Å². The summed E-state index contributed by atoms with van der Waals surface area (Å²) < 4.78 is 13.0. The van der Waals surface area contributed by atoms with Crippen LogP contribution in [0.3, 0.4) is 0 Å². The van der Waals surface area contributed by atoms with E-state index in [1.165, 1.54) is 90.0 Å². The average molecular weight is 975 g/mol. The summed E-state index contributed by atoms with van der Waals surface area (Å²) in [7, 11) is 0. The van der Waals surface area contributed by atoms with E-state index in [2.05, 4.69) is 250 Å². The van der Waals surface area contributed by atoms with Gasteiger partial charge >= 0.3 is 0 Å². The van der Waals surface area contributed by atoms with Crippen molar-refractivity contribution in [2.75, 3.05) is 19.6 Å². The monoisotopic (exact) mass is 974 g/mol. The number of anilines is 12. The molecule has 6 heteroatoms. The molecular formula is C70H46N4O2. The molecule has 13 aromatic rings. The van der Waals surface area contributed by atoms with E-state index in [0.29, 0.717) is 0 Å². The van der Waals surface area contributed by atoms with Gasteiger partial charge in [-0.25, -0.2) is 0 Å². The van der Waals surface area contributed by atoms with Gasteiger partial charge in [0, 0.05) is 70.3 Å². The molecule has 4 aliphatic heterocycles. The van der Waals surface area contributed by atoms with Crippen molar-refractivity contribution >= 4 is 112 Å². The van der Waals surface area contributed by atoms with Crippen LogP contribution in [0.25, 0.3) is 43.9 Å². The predicted molar refractivity (Wildman–Crippen MR) is 311 cm³/mol. The van der Waals surface area contributed by atoms with Crippen molar-refractivity contribution in [2.24, 2.45) is 0 Å². The fourth-order valence-electron chi connectivity index (χ4n) is 13.5. The first-order valence-electron chi connectivity index (χ1n) is 26.4. The first-order chi connectivity index (χ1) is 37.7. The van der Waals surface area contributed by atoms with E-state index in [9.17, 15) is 0 Å². The topological polar surface area (TPSA) is 39.2 Å². The lowest BCUT2D eigenvalue weighted by Gasteiger charge is -2.44. The SMILES string of the molecule is c1ccc(N(c2ccc3c4c2Cc2ccccc2N4c2cc4c(cc2C3)N2c3ccccc3Cc3c(N(c5ccccc5)c5cccc6oc7ccccc7c56)ccc(c32)C4)c2cccc3oc4ccccc4c23)cc1. The zero-order valence-electron chi connectivity index (χ0n) is 41.4. The Bertz CT molecular complexity index is 4280. The molecule has 0 unspecified atom stereocenters. The fraction of sp³-hybridized carbons (Fsp3) is 0.0571. The highest BCUT2D eigenvalue weighted by atomic mass is 16.3. The molecule has 0 bridgehead atoms. The van der Waals surface area contributed by atoms with Crippen LogP contribution in [0, 0.1) is 0 Å². The van der Waals surface area contributed by atoms with Gasteiger partial charge in [0.1, 0.15) is 22.3 Å². The average Bonchev–Trinajstić information content (AvgIpc) is 4.20. The third-order valence-electron chi connectivity index (χ3n) is 16.6. The minimum absolute atomic E-state index is 0.811. The van der Waals surface area contributed by atoms with E-state index in [-0.39, 0.29) is 0 Å². The lowest BCUT2D eigenvalue weighted by Crippen LogP contribution is -2.29. The second-order valence-electron chi connectivity index (χ2n) is 20.7. The Morgan fingerprint density at radius 1 is 0.289 bits per heavy atom. The molecule has 0 N–H and O–H groups in total. The second kappa shape index (κ2) is 15.9. The van der Waals surface area contributed by atoms with Crippen LogP contribution in [0.5, 0.6) is 0 Å². The van der Waals surface area contributed by atoms with Gasteiger partial charge in [-0.3, -0.25) is 0 Å². The molecule has 0 saturated carbocycles. The third-order valence-corrected chi connectivity index (χ3v) is 16.6. The number of furan rings is 2. The maximum absolute atomic E-state index is 6.52. The van der Waals surface area contributed by atoms with Crippen molar-refractivity contribution in [3.05, 3.63) is 275 Å². The van der Waals surface area contributed by atoms with Crippen LogP contribution >= 0.6 is 0 Å². The second-order valence-corrected chi connectivity index (χ2v) is 20.7. The van der Waals surface area contributed by atoms with Crippen molar-refractivity contribution in [3.8, 4) is 0 Å². The van der Waals surface area contributed by atoms with Crippen molar-refractivity contribution in [3.63, 3.8) is 0 Å². The molecule has 2 aromatic heterocycles. The zero-order chi connectivity index (χ0) is 49.6. The van der Waals surface area contributed by atoms with Gasteiger partial charge in [0.25, 0.3) is 0 Å². The molecule has 6 heterocycles. The first kappa shape index (κ1) is 41.7. The van der Waals surface area contributed by atoms with E-state index < -0.39 is 0 Å². The smallest absolute Gasteiger partial charge is 0.137 e. The summed E-state index contributed by atoms with van der Waals surface area (Å²) in [6, 6.07) is 84.3. The highest BCUT2D eigenvalue weighted by molar-refractivity contribution is 6.15. The van der Waals surface area contributed by atoms with E-state index in [0.717, 1.165) is 92.3 Å². The fourth-order valence-corrected chi connectivity index (χ4v) is 13.5. The minimum atomic E-state index is 0.811. The summed E-state index contributed by atoms with van der Waals surface area (Å²) in [6.07, 6.45) is 3.25. The highest BCUT2D eigenvalue weighted by Crippen LogP contribution is 2.59. The number of benzene rings is 11. The summed E-state index contributed by atoms with van der Waals surface area (Å²) >= 11 is 0. The Morgan fingerprint density at radius 2 is 0.697 bits per heavy atom.